The number of ether oxygens (including phenoxy) is 1. The van der Waals surface area contributed by atoms with Crippen LogP contribution >= 0.6 is 0 Å². The Morgan fingerprint density at radius 3 is 2.72 bits per heavy atom. The van der Waals surface area contributed by atoms with E-state index in [-0.39, 0.29) is 30.5 Å². The number of carbonyl (C=O) groups excluding carboxylic acids is 3. The van der Waals surface area contributed by atoms with Gasteiger partial charge in [-0.05, 0) is 29.8 Å². The van der Waals surface area contributed by atoms with Crippen LogP contribution in [-0.4, -0.2) is 41.5 Å². The molecule has 3 N–H and O–H groups in total. The van der Waals surface area contributed by atoms with Gasteiger partial charge in [0.25, 0.3) is 11.8 Å². The molecule has 1 fully saturated rings. The van der Waals surface area contributed by atoms with Gasteiger partial charge < -0.3 is 24.5 Å². The fraction of sp³-hybridized carbons (Fsp3) is 0.174. The first-order valence-electron chi connectivity index (χ1n) is 9.83. The van der Waals surface area contributed by atoms with Gasteiger partial charge in [0.2, 0.25) is 0 Å². The number of fused-ring (bicyclic) bond motifs is 2. The number of amides is 4. The van der Waals surface area contributed by atoms with Crippen LogP contribution in [0.2, 0.25) is 0 Å². The average molecular weight is 433 g/mol. The molecule has 3 heterocycles. The van der Waals surface area contributed by atoms with E-state index >= 15 is 0 Å². The van der Waals surface area contributed by atoms with Crippen LogP contribution in [0.25, 0.3) is 16.7 Å². The first-order valence-corrected chi connectivity index (χ1v) is 9.83. The number of rotatable bonds is 5. The molecule has 0 aliphatic carbocycles. The van der Waals surface area contributed by atoms with Gasteiger partial charge in [-0.2, -0.15) is 0 Å². The topological polar surface area (TPSA) is 121 Å². The number of nitrogens with zero attached hydrogens (tertiary/aromatic N) is 1. The van der Waals surface area contributed by atoms with E-state index in [1.807, 2.05) is 0 Å². The predicted molar refractivity (Wildman–Crippen MR) is 114 cm³/mol. The van der Waals surface area contributed by atoms with Crippen molar-refractivity contribution in [2.45, 2.75) is 12.1 Å². The number of urea groups is 1. The summed E-state index contributed by atoms with van der Waals surface area (Å²) in [5.41, 5.74) is 0.550. The summed E-state index contributed by atoms with van der Waals surface area (Å²) in [6, 6.07) is 11.2. The van der Waals surface area contributed by atoms with Gasteiger partial charge in [-0.1, -0.05) is 24.8 Å². The zero-order valence-electron chi connectivity index (χ0n) is 17.1. The number of hydrogen-bond donors (Lipinski definition) is 3. The van der Waals surface area contributed by atoms with E-state index in [1.54, 1.807) is 42.5 Å². The molecule has 4 amide bonds. The van der Waals surface area contributed by atoms with E-state index in [0.717, 1.165) is 5.56 Å². The van der Waals surface area contributed by atoms with Crippen LogP contribution in [-0.2, 0) is 16.9 Å². The summed E-state index contributed by atoms with van der Waals surface area (Å²) >= 11 is 0. The molecule has 2 aromatic carbocycles. The van der Waals surface area contributed by atoms with Gasteiger partial charge in [0, 0.05) is 23.1 Å². The quantitative estimate of drug-likeness (QED) is 0.420. The van der Waals surface area contributed by atoms with Gasteiger partial charge in [0.1, 0.15) is 22.9 Å². The van der Waals surface area contributed by atoms with Crippen molar-refractivity contribution in [3.63, 3.8) is 0 Å². The Bertz CT molecular complexity index is 1330. The molecule has 32 heavy (non-hydrogen) atoms. The largest absolute Gasteiger partial charge is 0.508 e. The number of methoxy groups -OCH3 is 1. The molecule has 162 valence electrons. The maximum absolute atomic E-state index is 13.1. The third-order valence-corrected chi connectivity index (χ3v) is 5.84. The van der Waals surface area contributed by atoms with Crippen molar-refractivity contribution in [1.82, 2.24) is 15.5 Å². The molecule has 2 aliphatic rings. The van der Waals surface area contributed by atoms with Crippen molar-refractivity contribution >= 4 is 34.6 Å². The summed E-state index contributed by atoms with van der Waals surface area (Å²) in [5, 5.41) is 15.2. The first kappa shape index (κ1) is 19.7. The Morgan fingerprint density at radius 2 is 2.03 bits per heavy atom. The number of aliphatic hydroxyl groups excluding tert-OH is 1. The van der Waals surface area contributed by atoms with Crippen LogP contribution in [0.5, 0.6) is 5.75 Å². The molecule has 0 radical (unpaired) electrons. The van der Waals surface area contributed by atoms with Crippen LogP contribution in [0.3, 0.4) is 0 Å². The lowest BCUT2D eigenvalue weighted by Crippen LogP contribution is -2.52. The molecule has 5 rings (SSSR count). The molecular weight excluding hydrogens is 414 g/mol. The maximum Gasteiger partial charge on any atom is 0.322 e. The van der Waals surface area contributed by atoms with Crippen LogP contribution in [0, 0.1) is 0 Å². The van der Waals surface area contributed by atoms with Gasteiger partial charge in [0.05, 0.1) is 13.7 Å². The minimum absolute atomic E-state index is 0.123. The van der Waals surface area contributed by atoms with Crippen molar-refractivity contribution < 1.29 is 28.6 Å². The van der Waals surface area contributed by atoms with Crippen molar-refractivity contribution in [2.75, 3.05) is 13.7 Å². The monoisotopic (exact) mass is 433 g/mol. The third kappa shape index (κ3) is 2.89. The van der Waals surface area contributed by atoms with Gasteiger partial charge in [-0.15, -0.1) is 0 Å². The van der Waals surface area contributed by atoms with Crippen LogP contribution in [0.1, 0.15) is 27.2 Å². The molecule has 1 unspecified atom stereocenters. The highest BCUT2D eigenvalue weighted by Crippen LogP contribution is 2.35. The lowest BCUT2D eigenvalue weighted by atomic mass is 9.95. The highest BCUT2D eigenvalue weighted by molar-refractivity contribution is 6.08. The Morgan fingerprint density at radius 1 is 1.22 bits per heavy atom. The van der Waals surface area contributed by atoms with Crippen LogP contribution in [0.4, 0.5) is 4.79 Å². The van der Waals surface area contributed by atoms with Crippen LogP contribution < -0.4 is 15.4 Å². The molecule has 1 atom stereocenters. The van der Waals surface area contributed by atoms with E-state index in [4.69, 9.17) is 9.15 Å². The number of aliphatic hydroxyl groups is 1. The fourth-order valence-electron chi connectivity index (χ4n) is 4.16. The lowest BCUT2D eigenvalue weighted by Gasteiger charge is -2.29. The molecule has 9 nitrogen and oxygen atoms in total. The summed E-state index contributed by atoms with van der Waals surface area (Å²) in [6.45, 7) is 3.65. The fourth-order valence-corrected chi connectivity index (χ4v) is 4.16. The Balaban J connectivity index is 1.55. The molecular formula is C23H19N3O6. The average Bonchev–Trinajstić information content (AvgIpc) is 3.41. The second-order valence-corrected chi connectivity index (χ2v) is 7.81. The second kappa shape index (κ2) is 6.88. The summed E-state index contributed by atoms with van der Waals surface area (Å²) < 4.78 is 11.1. The van der Waals surface area contributed by atoms with Crippen LogP contribution in [0.15, 0.2) is 53.5 Å². The van der Waals surface area contributed by atoms with Gasteiger partial charge in [-0.3, -0.25) is 14.9 Å². The summed E-state index contributed by atoms with van der Waals surface area (Å²) in [7, 11) is 1.52. The predicted octanol–water partition coefficient (Wildman–Crippen LogP) is 2.66. The minimum Gasteiger partial charge on any atom is -0.508 e. The second-order valence-electron chi connectivity index (χ2n) is 7.81. The molecule has 0 saturated carbocycles. The smallest absolute Gasteiger partial charge is 0.322 e. The number of carbonyl (C=O) groups is 3. The molecule has 2 aliphatic heterocycles. The highest BCUT2D eigenvalue weighted by Gasteiger charge is 2.53. The normalized spacial score (nSPS) is 19.8. The van der Waals surface area contributed by atoms with E-state index in [2.05, 4.69) is 17.2 Å². The first-order chi connectivity index (χ1) is 15.3. The molecule has 0 spiro atoms. The standard InChI is InChI=1S/C23H19N3O6/c1-12(27)13-3-4-14-8-19(32-18(14)7-13)23(21(29)24-22(30)25-23)11-26-10-15-5-6-16(31-2)9-17(15)20(26)28/h3-9,27H,1,10-11H2,2H3,(H2,24,25,29,30). The Hall–Kier alpha value is -4.27. The summed E-state index contributed by atoms with van der Waals surface area (Å²) in [6.07, 6.45) is 0. The Kier molecular flexibility index (Phi) is 4.23. The zero-order valence-corrected chi connectivity index (χ0v) is 17.1. The molecule has 0 bridgehead atoms. The number of imide groups is 1. The summed E-state index contributed by atoms with van der Waals surface area (Å²) in [5.74, 6) is -0.281. The number of furan rings is 1. The SMILES string of the molecule is C=C(O)c1ccc2cc(C3(CN4Cc5ccc(OC)cc5C4=O)NC(=O)NC3=O)oc2c1. The molecule has 9 heteroatoms. The number of benzene rings is 2. The minimum atomic E-state index is -1.60. The van der Waals surface area contributed by atoms with Gasteiger partial charge in [0.15, 0.2) is 5.54 Å². The van der Waals surface area contributed by atoms with Crippen molar-refractivity contribution in [2.24, 2.45) is 0 Å². The van der Waals surface area contributed by atoms with Gasteiger partial charge >= 0.3 is 6.03 Å². The zero-order chi connectivity index (χ0) is 22.6. The lowest BCUT2D eigenvalue weighted by molar-refractivity contribution is -0.125. The van der Waals surface area contributed by atoms with Crippen molar-refractivity contribution in [1.29, 1.82) is 0 Å². The highest BCUT2D eigenvalue weighted by atomic mass is 16.5. The summed E-state index contributed by atoms with van der Waals surface area (Å²) in [4.78, 5) is 39.6. The maximum atomic E-state index is 13.1. The third-order valence-electron chi connectivity index (χ3n) is 5.84. The molecule has 1 saturated heterocycles. The van der Waals surface area contributed by atoms with E-state index < -0.39 is 17.5 Å². The molecule has 1 aromatic heterocycles. The van der Waals surface area contributed by atoms with E-state index in [9.17, 15) is 19.5 Å². The molecule has 3 aromatic rings. The van der Waals surface area contributed by atoms with E-state index in [1.165, 1.54) is 12.0 Å². The number of hydrogen-bond acceptors (Lipinski definition) is 6. The van der Waals surface area contributed by atoms with Gasteiger partial charge in [-0.25, -0.2) is 4.79 Å². The van der Waals surface area contributed by atoms with Crippen molar-refractivity contribution in [3.05, 3.63) is 71.5 Å². The Labute approximate surface area is 182 Å². The van der Waals surface area contributed by atoms with Crippen molar-refractivity contribution in [3.8, 4) is 5.75 Å². The number of nitrogens with one attached hydrogen (secondary N) is 2. The van der Waals surface area contributed by atoms with E-state index in [0.29, 0.717) is 27.8 Å².